The Hall–Kier alpha value is -2.68. The molecule has 1 aromatic heterocycles. The van der Waals surface area contributed by atoms with Crippen molar-refractivity contribution in [3.63, 3.8) is 0 Å². The van der Waals surface area contributed by atoms with Gasteiger partial charge in [-0.3, -0.25) is 4.79 Å². The molecule has 6 nitrogen and oxygen atoms in total. The Bertz CT molecular complexity index is 733. The van der Waals surface area contributed by atoms with Gasteiger partial charge in [-0.2, -0.15) is 10.2 Å². The number of hydrogen-bond donors (Lipinski definition) is 1. The Kier molecular flexibility index (Phi) is 4.38. The predicted octanol–water partition coefficient (Wildman–Crippen LogP) is 2.84. The predicted molar refractivity (Wildman–Crippen MR) is 85.6 cm³/mol. The number of rotatable bonds is 8. The molecule has 3 rings (SSSR count). The van der Waals surface area contributed by atoms with Gasteiger partial charge in [0.2, 0.25) is 5.91 Å². The van der Waals surface area contributed by atoms with Crippen LogP contribution in [0.1, 0.15) is 31.6 Å². The maximum atomic E-state index is 11.9. The van der Waals surface area contributed by atoms with Crippen LogP contribution in [0.2, 0.25) is 0 Å². The van der Waals surface area contributed by atoms with E-state index in [9.17, 15) is 4.79 Å². The lowest BCUT2D eigenvalue weighted by Crippen LogP contribution is -2.27. The molecule has 0 atom stereocenters. The average molecular weight is 310 g/mol. The monoisotopic (exact) mass is 310 g/mol. The molecule has 0 radical (unpaired) electrons. The molecule has 6 heteroatoms. The minimum absolute atomic E-state index is 0.0153. The zero-order chi connectivity index (χ0) is 16.1. The summed E-state index contributed by atoms with van der Waals surface area (Å²) in [5.74, 6) is 3.19. The van der Waals surface area contributed by atoms with Gasteiger partial charge >= 0.3 is 0 Å². The van der Waals surface area contributed by atoms with Gasteiger partial charge in [-0.05, 0) is 12.1 Å². The van der Waals surface area contributed by atoms with Crippen molar-refractivity contribution in [2.75, 3.05) is 6.54 Å². The van der Waals surface area contributed by atoms with Crippen molar-refractivity contribution in [1.82, 2.24) is 10.3 Å². The van der Waals surface area contributed by atoms with Gasteiger partial charge in [0.05, 0.1) is 0 Å². The minimum Gasteiger partial charge on any atom is -0.441 e. The normalized spacial score (nSPS) is 14.6. The summed E-state index contributed by atoms with van der Waals surface area (Å²) in [6.45, 7) is 0.497. The third-order valence-electron chi connectivity index (χ3n) is 3.80. The second kappa shape index (κ2) is 6.61. The smallest absolute Gasteiger partial charge is 0.220 e. The summed E-state index contributed by atoms with van der Waals surface area (Å²) in [6.07, 6.45) is 8.17. The number of carbonyl (C=O) groups excluding carboxylic acids is 1. The van der Waals surface area contributed by atoms with Gasteiger partial charge in [0.25, 0.3) is 0 Å². The van der Waals surface area contributed by atoms with E-state index in [1.807, 2.05) is 24.3 Å². The van der Waals surface area contributed by atoms with E-state index >= 15 is 0 Å². The number of para-hydroxylation sites is 2. The van der Waals surface area contributed by atoms with E-state index in [4.69, 9.17) is 10.8 Å². The van der Waals surface area contributed by atoms with Crippen LogP contribution in [0.3, 0.4) is 0 Å². The lowest BCUT2D eigenvalue weighted by atomic mass is 10.0. The molecule has 2 heterocycles. The van der Waals surface area contributed by atoms with E-state index in [2.05, 4.69) is 26.4 Å². The zero-order valence-electron chi connectivity index (χ0n) is 12.8. The molecular weight excluding hydrogens is 292 g/mol. The third-order valence-corrected chi connectivity index (χ3v) is 3.80. The van der Waals surface area contributed by atoms with Crippen LogP contribution >= 0.6 is 0 Å². The van der Waals surface area contributed by atoms with Gasteiger partial charge in [-0.1, -0.05) is 12.1 Å². The van der Waals surface area contributed by atoms with Crippen LogP contribution in [0.25, 0.3) is 11.1 Å². The molecule has 0 fully saturated rings. The van der Waals surface area contributed by atoms with E-state index in [1.54, 1.807) is 0 Å². The molecule has 1 aliphatic rings. The summed E-state index contributed by atoms with van der Waals surface area (Å²) in [7, 11) is 0. The molecule has 2 aromatic rings. The van der Waals surface area contributed by atoms with E-state index in [-0.39, 0.29) is 5.91 Å². The number of aromatic nitrogens is 1. The SMILES string of the molecule is C#CCCC1(CCC(=O)NCCc2nc3ccccc3o2)N=N1. The van der Waals surface area contributed by atoms with E-state index < -0.39 is 5.66 Å². The molecule has 1 aromatic carbocycles. The average Bonchev–Trinajstić information content (AvgIpc) is 3.21. The molecule has 118 valence electrons. The number of hydrogen-bond acceptors (Lipinski definition) is 5. The Morgan fingerprint density at radius 1 is 1.30 bits per heavy atom. The number of nitrogens with one attached hydrogen (secondary N) is 1. The summed E-state index contributed by atoms with van der Waals surface area (Å²) in [5, 5.41) is 10.9. The summed E-state index contributed by atoms with van der Waals surface area (Å²) in [5.41, 5.74) is 1.20. The topological polar surface area (TPSA) is 79.9 Å². The van der Waals surface area contributed by atoms with Gasteiger partial charge in [0.15, 0.2) is 17.1 Å². The molecule has 23 heavy (non-hydrogen) atoms. The molecule has 0 spiro atoms. The van der Waals surface area contributed by atoms with Crippen molar-refractivity contribution in [2.45, 2.75) is 37.8 Å². The van der Waals surface area contributed by atoms with Crippen molar-refractivity contribution in [3.05, 3.63) is 30.2 Å². The first-order valence-corrected chi connectivity index (χ1v) is 7.69. The number of benzene rings is 1. The largest absolute Gasteiger partial charge is 0.441 e. The Labute approximate surface area is 134 Å². The number of terminal acetylenes is 1. The third kappa shape index (κ3) is 3.95. The molecule has 1 aliphatic heterocycles. The fourth-order valence-corrected chi connectivity index (χ4v) is 2.41. The molecule has 0 unspecified atom stereocenters. The number of oxazole rings is 1. The summed E-state index contributed by atoms with van der Waals surface area (Å²) in [4.78, 5) is 16.2. The van der Waals surface area contributed by atoms with Crippen molar-refractivity contribution in [1.29, 1.82) is 0 Å². The molecule has 0 saturated heterocycles. The van der Waals surface area contributed by atoms with Gasteiger partial charge in [-0.25, -0.2) is 4.98 Å². The maximum absolute atomic E-state index is 11.9. The lowest BCUT2D eigenvalue weighted by Gasteiger charge is -2.08. The highest BCUT2D eigenvalue weighted by atomic mass is 16.3. The maximum Gasteiger partial charge on any atom is 0.220 e. The molecular formula is C17H18N4O2. The van der Waals surface area contributed by atoms with Crippen molar-refractivity contribution in [3.8, 4) is 12.3 Å². The fourth-order valence-electron chi connectivity index (χ4n) is 2.41. The van der Waals surface area contributed by atoms with Gasteiger partial charge < -0.3 is 9.73 Å². The van der Waals surface area contributed by atoms with E-state index in [1.165, 1.54) is 0 Å². The van der Waals surface area contributed by atoms with Crippen LogP contribution in [-0.4, -0.2) is 23.1 Å². The molecule has 1 N–H and O–H groups in total. The van der Waals surface area contributed by atoms with E-state index in [0.717, 1.165) is 17.5 Å². The first kappa shape index (κ1) is 15.2. The highest BCUT2D eigenvalue weighted by Gasteiger charge is 2.39. The Morgan fingerprint density at radius 3 is 2.87 bits per heavy atom. The summed E-state index contributed by atoms with van der Waals surface area (Å²) < 4.78 is 5.61. The van der Waals surface area contributed by atoms with Crippen LogP contribution in [0.5, 0.6) is 0 Å². The summed E-state index contributed by atoms with van der Waals surface area (Å²) in [6, 6.07) is 7.60. The Morgan fingerprint density at radius 2 is 2.13 bits per heavy atom. The van der Waals surface area contributed by atoms with E-state index in [0.29, 0.717) is 38.1 Å². The van der Waals surface area contributed by atoms with Crippen LogP contribution in [0.4, 0.5) is 0 Å². The highest BCUT2D eigenvalue weighted by Crippen LogP contribution is 2.37. The molecule has 0 bridgehead atoms. The number of nitrogens with zero attached hydrogens (tertiary/aromatic N) is 3. The summed E-state index contributed by atoms with van der Waals surface area (Å²) >= 11 is 0. The standard InChI is InChI=1S/C17H18N4O2/c1-2-3-10-17(20-21-17)11-8-15(22)18-12-9-16-19-13-6-4-5-7-14(13)23-16/h1,4-7H,3,8-12H2,(H,18,22). The second-order valence-electron chi connectivity index (χ2n) is 5.56. The first-order valence-electron chi connectivity index (χ1n) is 7.69. The van der Waals surface area contributed by atoms with Crippen molar-refractivity contribution in [2.24, 2.45) is 10.2 Å². The molecule has 0 aliphatic carbocycles. The van der Waals surface area contributed by atoms with Gasteiger partial charge in [0, 0.05) is 38.6 Å². The number of amides is 1. The second-order valence-corrected chi connectivity index (χ2v) is 5.56. The Balaban J connectivity index is 1.39. The lowest BCUT2D eigenvalue weighted by molar-refractivity contribution is -0.121. The fraction of sp³-hybridized carbons (Fsp3) is 0.412. The van der Waals surface area contributed by atoms with Crippen LogP contribution < -0.4 is 5.32 Å². The van der Waals surface area contributed by atoms with Crippen molar-refractivity contribution < 1.29 is 9.21 Å². The minimum atomic E-state index is -0.399. The highest BCUT2D eigenvalue weighted by molar-refractivity contribution is 5.76. The first-order chi connectivity index (χ1) is 11.2. The molecule has 0 saturated carbocycles. The number of fused-ring (bicyclic) bond motifs is 1. The van der Waals surface area contributed by atoms with Crippen LogP contribution in [0, 0.1) is 12.3 Å². The van der Waals surface area contributed by atoms with Gasteiger partial charge in [0.1, 0.15) is 5.52 Å². The zero-order valence-corrected chi connectivity index (χ0v) is 12.8. The van der Waals surface area contributed by atoms with Crippen molar-refractivity contribution >= 4 is 17.0 Å². The quantitative estimate of drug-likeness (QED) is 0.761. The van der Waals surface area contributed by atoms with Gasteiger partial charge in [-0.15, -0.1) is 12.3 Å². The van der Waals surface area contributed by atoms with Crippen LogP contribution in [0.15, 0.2) is 38.9 Å². The number of carbonyl (C=O) groups is 1. The van der Waals surface area contributed by atoms with Crippen LogP contribution in [-0.2, 0) is 11.2 Å². The molecule has 1 amide bonds.